The lowest BCUT2D eigenvalue weighted by atomic mass is 9.86. The number of hydrogen-bond acceptors (Lipinski definition) is 24. The van der Waals surface area contributed by atoms with Crippen LogP contribution in [0.15, 0.2) is 0 Å². The molecule has 24 heteroatoms. The first kappa shape index (κ1) is 53.9. The molecule has 0 amide bonds. The average molecular weight is 935 g/mol. The van der Waals surface area contributed by atoms with Crippen molar-refractivity contribution in [2.45, 2.75) is 187 Å². The van der Waals surface area contributed by atoms with Crippen LogP contribution in [-0.2, 0) is 114 Å². The zero-order valence-corrected chi connectivity index (χ0v) is 38.0. The topological polar surface area (TPSA) is 300 Å². The molecule has 3 aliphatic rings. The van der Waals surface area contributed by atoms with E-state index in [1.54, 1.807) is 0 Å². The lowest BCUT2D eigenvalue weighted by Gasteiger charge is -2.47. The Kier molecular flexibility index (Phi) is 20.5. The minimum Gasteiger partial charge on any atom is -0.463 e. The van der Waals surface area contributed by atoms with Crippen LogP contribution in [0.2, 0.25) is 0 Å². The van der Waals surface area contributed by atoms with Crippen molar-refractivity contribution in [3.05, 3.63) is 0 Å². The summed E-state index contributed by atoms with van der Waals surface area (Å²) in [6, 6.07) is 0. The van der Waals surface area contributed by atoms with Crippen LogP contribution in [0, 0.1) is 0 Å². The van der Waals surface area contributed by atoms with E-state index in [-0.39, 0.29) is 25.7 Å². The van der Waals surface area contributed by atoms with Gasteiger partial charge in [0.05, 0.1) is 18.3 Å². The smallest absolute Gasteiger partial charge is 0.303 e. The highest BCUT2D eigenvalue weighted by atomic mass is 16.7. The van der Waals surface area contributed by atoms with Crippen molar-refractivity contribution in [3.8, 4) is 0 Å². The van der Waals surface area contributed by atoms with Gasteiger partial charge in [-0.2, -0.15) is 0 Å². The molecule has 366 valence electrons. The average Bonchev–Trinajstić information content (AvgIpc) is 3.16. The summed E-state index contributed by atoms with van der Waals surface area (Å²) in [6.07, 6.45) is -21.5. The molecule has 3 fully saturated rings. The molecule has 3 rings (SSSR count). The molecule has 65 heavy (non-hydrogen) atoms. The number of hydrogen-bond donors (Lipinski definition) is 0. The van der Waals surface area contributed by atoms with E-state index in [0.717, 1.165) is 69.2 Å². The predicted molar refractivity (Wildman–Crippen MR) is 208 cm³/mol. The van der Waals surface area contributed by atoms with E-state index in [9.17, 15) is 47.9 Å². The van der Waals surface area contributed by atoms with Gasteiger partial charge in [-0.05, 0) is 25.7 Å². The highest BCUT2D eigenvalue weighted by Crippen LogP contribution is 2.38. The number of esters is 10. The molecule has 0 N–H and O–H groups in total. The van der Waals surface area contributed by atoms with Gasteiger partial charge in [0.1, 0.15) is 18.8 Å². The van der Waals surface area contributed by atoms with Crippen molar-refractivity contribution < 1.29 is 114 Å². The van der Waals surface area contributed by atoms with E-state index in [1.165, 1.54) is 7.11 Å². The van der Waals surface area contributed by atoms with Crippen LogP contribution in [0.3, 0.4) is 0 Å². The summed E-state index contributed by atoms with van der Waals surface area (Å²) in [4.78, 5) is 124. The molecule has 0 saturated carbocycles. The van der Waals surface area contributed by atoms with Crippen molar-refractivity contribution in [1.82, 2.24) is 0 Å². The van der Waals surface area contributed by atoms with E-state index in [0.29, 0.717) is 0 Å². The van der Waals surface area contributed by atoms with Crippen molar-refractivity contribution in [1.29, 1.82) is 0 Å². The minimum absolute atomic E-state index is 0.164. The van der Waals surface area contributed by atoms with E-state index in [1.807, 2.05) is 0 Å². The first-order chi connectivity index (χ1) is 30.4. The summed E-state index contributed by atoms with van der Waals surface area (Å²) >= 11 is 0. The maximum Gasteiger partial charge on any atom is 0.303 e. The second-order valence-corrected chi connectivity index (χ2v) is 15.3. The maximum atomic E-state index is 12.7. The van der Waals surface area contributed by atoms with Crippen LogP contribution in [0.25, 0.3) is 0 Å². The maximum absolute atomic E-state index is 12.7. The van der Waals surface area contributed by atoms with Gasteiger partial charge in [0.2, 0.25) is 0 Å². The van der Waals surface area contributed by atoms with Gasteiger partial charge in [-0.1, -0.05) is 0 Å². The summed E-state index contributed by atoms with van der Waals surface area (Å²) in [5.41, 5.74) is 0. The highest BCUT2D eigenvalue weighted by molar-refractivity contribution is 5.70. The van der Waals surface area contributed by atoms with Gasteiger partial charge in [0.15, 0.2) is 61.2 Å². The molecule has 15 atom stereocenters. The van der Waals surface area contributed by atoms with E-state index in [4.69, 9.17) is 66.3 Å². The van der Waals surface area contributed by atoms with E-state index >= 15 is 0 Å². The molecule has 24 nitrogen and oxygen atoms in total. The first-order valence-electron chi connectivity index (χ1n) is 20.6. The zero-order valence-electron chi connectivity index (χ0n) is 38.0. The zero-order chi connectivity index (χ0) is 48.9. The Hall–Kier alpha value is -5.46. The van der Waals surface area contributed by atoms with Crippen LogP contribution in [0.4, 0.5) is 0 Å². The SMILES string of the molecule is CO[C@H]1O[C@H](CC[C@@H]2O[C@H](CC[C@@H]3O[C@H](COC(C)=O)[C@H](OC(C)=O)[C@H](OC(C)=O)[C@H]3OC(C)=O)[C@H](OC(C)=O)[C@H](OC(C)=O)[C@H]2OC(C)=O)[C@H](OC(C)=O)[C@H](OC(C)=O)[C@H]1OC(C)=O. The third-order valence-corrected chi connectivity index (χ3v) is 9.92. The van der Waals surface area contributed by atoms with Crippen LogP contribution < -0.4 is 0 Å². The van der Waals surface area contributed by atoms with Gasteiger partial charge in [0.25, 0.3) is 0 Å². The van der Waals surface area contributed by atoms with Crippen LogP contribution >= 0.6 is 0 Å². The Labute approximate surface area is 374 Å². The molecule has 3 saturated heterocycles. The molecule has 0 aromatic rings. The van der Waals surface area contributed by atoms with Crippen LogP contribution in [0.5, 0.6) is 0 Å². The Morgan fingerprint density at radius 3 is 0.815 bits per heavy atom. The molecule has 0 aromatic heterocycles. The van der Waals surface area contributed by atoms with Crippen molar-refractivity contribution in [2.24, 2.45) is 0 Å². The van der Waals surface area contributed by atoms with Crippen molar-refractivity contribution >= 4 is 59.7 Å². The second kappa shape index (κ2) is 24.7. The second-order valence-electron chi connectivity index (χ2n) is 15.3. The largest absolute Gasteiger partial charge is 0.463 e. The van der Waals surface area contributed by atoms with Gasteiger partial charge >= 0.3 is 59.7 Å². The summed E-state index contributed by atoms with van der Waals surface area (Å²) in [5.74, 6) is -8.34. The Bertz CT molecular complexity index is 1750. The van der Waals surface area contributed by atoms with E-state index < -0.39 is 158 Å². The van der Waals surface area contributed by atoms with Crippen molar-refractivity contribution in [3.63, 3.8) is 0 Å². The minimum atomic E-state index is -1.54. The number of carbonyl (C=O) groups excluding carboxylic acids is 10. The van der Waals surface area contributed by atoms with Gasteiger partial charge < -0.3 is 66.3 Å². The first-order valence-corrected chi connectivity index (χ1v) is 20.6. The Balaban J connectivity index is 2.12. The quantitative estimate of drug-likeness (QED) is 0.133. The third kappa shape index (κ3) is 16.2. The summed E-state index contributed by atoms with van der Waals surface area (Å²) in [5, 5.41) is 0. The monoisotopic (exact) mass is 934 g/mol. The lowest BCUT2D eigenvalue weighted by Crippen LogP contribution is -2.63. The summed E-state index contributed by atoms with van der Waals surface area (Å²) in [6.45, 7) is 10.3. The fourth-order valence-corrected chi connectivity index (χ4v) is 7.93. The number of ether oxygens (including phenoxy) is 14. The third-order valence-electron chi connectivity index (χ3n) is 9.92. The number of rotatable bonds is 18. The number of carbonyl (C=O) groups is 10. The van der Waals surface area contributed by atoms with Gasteiger partial charge in [-0.25, -0.2) is 0 Å². The normalized spacial score (nSPS) is 32.0. The Morgan fingerprint density at radius 2 is 0.538 bits per heavy atom. The summed E-state index contributed by atoms with van der Waals surface area (Å²) in [7, 11) is 1.23. The van der Waals surface area contributed by atoms with Crippen LogP contribution in [-0.4, -0.2) is 165 Å². The molecule has 0 aromatic carbocycles. The van der Waals surface area contributed by atoms with Crippen molar-refractivity contribution in [2.75, 3.05) is 13.7 Å². The summed E-state index contributed by atoms with van der Waals surface area (Å²) < 4.78 is 79.6. The molecule has 0 unspecified atom stereocenters. The fourth-order valence-electron chi connectivity index (χ4n) is 7.93. The molecule has 3 aliphatic heterocycles. The van der Waals surface area contributed by atoms with Gasteiger partial charge in [0, 0.05) is 76.3 Å². The Morgan fingerprint density at radius 1 is 0.308 bits per heavy atom. The lowest BCUT2D eigenvalue weighted by molar-refractivity contribution is -0.301. The standard InChI is InChI=1S/C41H58O24/c1-17(42)53-16-31-36(58-22(6)47)38(60-24(8)49)34(56-20(4)45)29(64-31)13-12-27-32(54-18(2)43)37(59-23(7)48)33(55-19(3)44)28(63-27)14-15-30-35(57-21(5)46)39(61-25(9)50)40(62-26(10)51)41(52-11)65-30/h27-41H,12-16H2,1-11H3/t27-,28+,29+,30-,31-,32+,33+,34+,35+,36+,37+,38-,39+,40-,41+/m1/s1. The van der Waals surface area contributed by atoms with E-state index in [2.05, 4.69) is 0 Å². The van der Waals surface area contributed by atoms with Gasteiger partial charge in [-0.3, -0.25) is 47.9 Å². The highest BCUT2D eigenvalue weighted by Gasteiger charge is 2.56. The molecule has 0 spiro atoms. The molecule has 0 bridgehead atoms. The molecule has 0 radical (unpaired) electrons. The van der Waals surface area contributed by atoms with Crippen LogP contribution in [0.1, 0.15) is 94.9 Å². The molecule has 3 heterocycles. The molecular weight excluding hydrogens is 876 g/mol. The fraction of sp³-hybridized carbons (Fsp3) is 0.756. The van der Waals surface area contributed by atoms with Gasteiger partial charge in [-0.15, -0.1) is 0 Å². The predicted octanol–water partition coefficient (Wildman–Crippen LogP) is 0.401. The number of methoxy groups -OCH3 is 1. The molecular formula is C41H58O24. The molecule has 0 aliphatic carbocycles.